The molecule has 0 aromatic carbocycles. The second kappa shape index (κ2) is 4.99. The predicted octanol–water partition coefficient (Wildman–Crippen LogP) is -0.324. The van der Waals surface area contributed by atoms with E-state index in [2.05, 4.69) is 15.7 Å². The molecule has 0 atom stereocenters. The highest BCUT2D eigenvalue weighted by Gasteiger charge is 2.28. The fourth-order valence-corrected chi connectivity index (χ4v) is 1.49. The van der Waals surface area contributed by atoms with Crippen molar-refractivity contribution in [3.05, 3.63) is 18.0 Å². The van der Waals surface area contributed by atoms with E-state index in [1.807, 2.05) is 0 Å². The van der Waals surface area contributed by atoms with Crippen LogP contribution in [0.5, 0.6) is 0 Å². The minimum Gasteiger partial charge on any atom is -0.354 e. The van der Waals surface area contributed by atoms with E-state index in [-0.39, 0.29) is 17.7 Å². The van der Waals surface area contributed by atoms with Crippen molar-refractivity contribution in [3.8, 4) is 0 Å². The molecule has 0 unspecified atom stereocenters. The Morgan fingerprint density at radius 3 is 2.71 bits per heavy atom. The maximum Gasteiger partial charge on any atom is 0.254 e. The van der Waals surface area contributed by atoms with E-state index in [0.717, 1.165) is 12.8 Å². The van der Waals surface area contributed by atoms with Gasteiger partial charge in [0, 0.05) is 32.3 Å². The lowest BCUT2D eigenvalue weighted by molar-refractivity contribution is -0.122. The molecule has 1 aliphatic carbocycles. The van der Waals surface area contributed by atoms with Crippen molar-refractivity contribution < 1.29 is 9.59 Å². The Morgan fingerprint density at radius 2 is 2.12 bits per heavy atom. The molecule has 0 bridgehead atoms. The molecule has 17 heavy (non-hydrogen) atoms. The zero-order valence-electron chi connectivity index (χ0n) is 9.77. The van der Waals surface area contributed by atoms with Gasteiger partial charge in [0.05, 0.1) is 11.8 Å². The monoisotopic (exact) mass is 236 g/mol. The number of nitrogens with one attached hydrogen (secondary N) is 2. The van der Waals surface area contributed by atoms with Crippen molar-refractivity contribution in [1.82, 2.24) is 20.4 Å². The third-order valence-electron chi connectivity index (χ3n) is 2.62. The van der Waals surface area contributed by atoms with Gasteiger partial charge >= 0.3 is 0 Å². The van der Waals surface area contributed by atoms with Crippen LogP contribution in [0.15, 0.2) is 12.4 Å². The summed E-state index contributed by atoms with van der Waals surface area (Å²) in [6.45, 7) is 0.910. The molecular weight excluding hydrogens is 220 g/mol. The van der Waals surface area contributed by atoms with Crippen LogP contribution in [0.3, 0.4) is 0 Å². The first kappa shape index (κ1) is 11.6. The van der Waals surface area contributed by atoms with Gasteiger partial charge in [0.1, 0.15) is 0 Å². The van der Waals surface area contributed by atoms with Gasteiger partial charge in [-0.25, -0.2) is 0 Å². The SMILES string of the molecule is Cn1cc(C(=O)NCCNC(=O)C2CC2)cn1. The lowest BCUT2D eigenvalue weighted by atomic mass is 10.3. The topological polar surface area (TPSA) is 76.0 Å². The number of carbonyl (C=O) groups is 2. The largest absolute Gasteiger partial charge is 0.354 e. The minimum atomic E-state index is -0.168. The van der Waals surface area contributed by atoms with Crippen molar-refractivity contribution in [2.75, 3.05) is 13.1 Å². The molecule has 1 fully saturated rings. The molecule has 6 nitrogen and oxygen atoms in total. The molecule has 1 heterocycles. The van der Waals surface area contributed by atoms with Crippen LogP contribution in [0.1, 0.15) is 23.2 Å². The van der Waals surface area contributed by atoms with Gasteiger partial charge in [-0.1, -0.05) is 0 Å². The summed E-state index contributed by atoms with van der Waals surface area (Å²) < 4.78 is 1.57. The minimum absolute atomic E-state index is 0.0978. The Hall–Kier alpha value is -1.85. The summed E-state index contributed by atoms with van der Waals surface area (Å²) in [5.74, 6) is 0.142. The van der Waals surface area contributed by atoms with Crippen LogP contribution in [-0.2, 0) is 11.8 Å². The van der Waals surface area contributed by atoms with Crippen LogP contribution >= 0.6 is 0 Å². The second-order valence-electron chi connectivity index (χ2n) is 4.22. The van der Waals surface area contributed by atoms with Crippen molar-refractivity contribution in [3.63, 3.8) is 0 Å². The van der Waals surface area contributed by atoms with Crippen LogP contribution < -0.4 is 10.6 Å². The molecule has 0 aliphatic heterocycles. The number of rotatable bonds is 5. The number of aryl methyl sites for hydroxylation is 1. The van der Waals surface area contributed by atoms with Crippen LogP contribution in [0.4, 0.5) is 0 Å². The molecule has 1 saturated carbocycles. The second-order valence-corrected chi connectivity index (χ2v) is 4.22. The summed E-state index contributed by atoms with van der Waals surface area (Å²) in [5.41, 5.74) is 0.529. The van der Waals surface area contributed by atoms with Gasteiger partial charge in [0.15, 0.2) is 0 Å². The van der Waals surface area contributed by atoms with Crippen LogP contribution in [0.2, 0.25) is 0 Å². The highest BCUT2D eigenvalue weighted by atomic mass is 16.2. The molecular formula is C11H16N4O2. The van der Waals surface area contributed by atoms with E-state index in [1.54, 1.807) is 17.9 Å². The zero-order chi connectivity index (χ0) is 12.3. The molecule has 2 amide bonds. The average molecular weight is 236 g/mol. The number of hydrogen-bond acceptors (Lipinski definition) is 3. The standard InChI is InChI=1S/C11H16N4O2/c1-15-7-9(6-14-15)11(17)13-5-4-12-10(16)8-2-3-8/h6-8H,2-5H2,1H3,(H,12,16)(H,13,17). The Bertz CT molecular complexity index is 423. The fraction of sp³-hybridized carbons (Fsp3) is 0.545. The molecule has 1 aromatic rings. The van der Waals surface area contributed by atoms with Gasteiger partial charge in [0.2, 0.25) is 5.91 Å². The average Bonchev–Trinajstić information content (AvgIpc) is 3.07. The summed E-state index contributed by atoms with van der Waals surface area (Å²) in [6, 6.07) is 0. The lowest BCUT2D eigenvalue weighted by Gasteiger charge is -2.05. The fourth-order valence-electron chi connectivity index (χ4n) is 1.49. The highest BCUT2D eigenvalue weighted by molar-refractivity contribution is 5.93. The van der Waals surface area contributed by atoms with Crippen molar-refractivity contribution in [2.45, 2.75) is 12.8 Å². The molecule has 2 N–H and O–H groups in total. The maximum absolute atomic E-state index is 11.6. The molecule has 2 rings (SSSR count). The molecule has 92 valence electrons. The van der Waals surface area contributed by atoms with E-state index >= 15 is 0 Å². The van der Waals surface area contributed by atoms with Gasteiger partial charge in [-0.3, -0.25) is 14.3 Å². The molecule has 1 aliphatic rings. The maximum atomic E-state index is 11.6. The van der Waals surface area contributed by atoms with Crippen LogP contribution in [0.25, 0.3) is 0 Å². The predicted molar refractivity (Wildman–Crippen MR) is 61.3 cm³/mol. The smallest absolute Gasteiger partial charge is 0.254 e. The molecule has 1 aromatic heterocycles. The molecule has 0 radical (unpaired) electrons. The first-order valence-corrected chi connectivity index (χ1v) is 5.71. The number of aromatic nitrogens is 2. The quantitative estimate of drug-likeness (QED) is 0.688. The van der Waals surface area contributed by atoms with Gasteiger partial charge in [-0.2, -0.15) is 5.10 Å². The van der Waals surface area contributed by atoms with Crippen LogP contribution in [0, 0.1) is 5.92 Å². The number of amides is 2. The van der Waals surface area contributed by atoms with Gasteiger partial charge in [0.25, 0.3) is 5.91 Å². The van der Waals surface area contributed by atoms with E-state index in [0.29, 0.717) is 18.7 Å². The summed E-state index contributed by atoms with van der Waals surface area (Å²) in [7, 11) is 1.76. The summed E-state index contributed by atoms with van der Waals surface area (Å²) in [6.07, 6.45) is 5.15. The Morgan fingerprint density at radius 1 is 1.41 bits per heavy atom. The van der Waals surface area contributed by atoms with Gasteiger partial charge in [-0.05, 0) is 12.8 Å². The van der Waals surface area contributed by atoms with E-state index in [4.69, 9.17) is 0 Å². The normalized spacial score (nSPS) is 14.4. The molecule has 6 heteroatoms. The Balaban J connectivity index is 1.64. The molecule has 0 spiro atoms. The number of hydrogen-bond donors (Lipinski definition) is 2. The summed E-state index contributed by atoms with van der Waals surface area (Å²) in [5, 5.41) is 9.41. The van der Waals surface area contributed by atoms with Crippen molar-refractivity contribution >= 4 is 11.8 Å². The van der Waals surface area contributed by atoms with Crippen molar-refractivity contribution in [1.29, 1.82) is 0 Å². The third-order valence-corrected chi connectivity index (χ3v) is 2.62. The molecule has 0 saturated heterocycles. The Kier molecular flexibility index (Phi) is 3.41. The number of carbonyl (C=O) groups excluding carboxylic acids is 2. The van der Waals surface area contributed by atoms with E-state index in [1.165, 1.54) is 6.20 Å². The van der Waals surface area contributed by atoms with E-state index < -0.39 is 0 Å². The summed E-state index contributed by atoms with van der Waals surface area (Å²) >= 11 is 0. The first-order valence-electron chi connectivity index (χ1n) is 5.71. The van der Waals surface area contributed by atoms with Gasteiger partial charge in [-0.15, -0.1) is 0 Å². The summed E-state index contributed by atoms with van der Waals surface area (Å²) in [4.78, 5) is 22.9. The number of nitrogens with zero attached hydrogens (tertiary/aromatic N) is 2. The lowest BCUT2D eigenvalue weighted by Crippen LogP contribution is -2.35. The Labute approximate surface area is 99.4 Å². The highest BCUT2D eigenvalue weighted by Crippen LogP contribution is 2.28. The third kappa shape index (κ3) is 3.30. The van der Waals surface area contributed by atoms with Gasteiger partial charge < -0.3 is 10.6 Å². The van der Waals surface area contributed by atoms with Crippen molar-refractivity contribution in [2.24, 2.45) is 13.0 Å². The van der Waals surface area contributed by atoms with E-state index in [9.17, 15) is 9.59 Å². The zero-order valence-corrected chi connectivity index (χ0v) is 9.77. The first-order chi connectivity index (χ1) is 8.16. The van der Waals surface area contributed by atoms with Crippen LogP contribution in [-0.4, -0.2) is 34.7 Å².